The molecule has 78 valence electrons. The molecule has 1 rings (SSSR count). The maximum absolute atomic E-state index is 5.79. The quantitative estimate of drug-likeness (QED) is 0.732. The van der Waals surface area contributed by atoms with Crippen LogP contribution in [0.2, 0.25) is 0 Å². The Hall–Kier alpha value is -1.25. The first-order chi connectivity index (χ1) is 6.79. The molecular weight excluding hydrogens is 176 g/mol. The molecule has 0 saturated carbocycles. The first-order valence-corrected chi connectivity index (χ1v) is 5.07. The van der Waals surface area contributed by atoms with Gasteiger partial charge in [0.15, 0.2) is 0 Å². The van der Waals surface area contributed by atoms with E-state index in [1.807, 2.05) is 6.07 Å². The van der Waals surface area contributed by atoms with Crippen molar-refractivity contribution in [3.8, 4) is 5.75 Å². The molecule has 0 spiro atoms. The van der Waals surface area contributed by atoms with Crippen LogP contribution in [0.25, 0.3) is 0 Å². The Bertz CT molecular complexity index is 287. The van der Waals surface area contributed by atoms with E-state index in [2.05, 4.69) is 11.9 Å². The third kappa shape index (κ3) is 2.62. The molecule has 1 aromatic rings. The summed E-state index contributed by atoms with van der Waals surface area (Å²) in [7, 11) is 1.66. The molecule has 3 nitrogen and oxygen atoms in total. The first kappa shape index (κ1) is 10.8. The van der Waals surface area contributed by atoms with Crippen molar-refractivity contribution in [2.45, 2.75) is 32.6 Å². The summed E-state index contributed by atoms with van der Waals surface area (Å²) in [6.07, 6.45) is 6.21. The van der Waals surface area contributed by atoms with Crippen LogP contribution >= 0.6 is 0 Å². The summed E-state index contributed by atoms with van der Waals surface area (Å²) in [4.78, 5) is 4.06. The monoisotopic (exact) mass is 194 g/mol. The molecule has 3 heteroatoms. The topological polar surface area (TPSA) is 48.1 Å². The number of rotatable bonds is 5. The molecule has 0 amide bonds. The van der Waals surface area contributed by atoms with Crippen LogP contribution in [0.5, 0.6) is 5.75 Å². The molecule has 14 heavy (non-hydrogen) atoms. The highest BCUT2D eigenvalue weighted by molar-refractivity contribution is 5.48. The second kappa shape index (κ2) is 5.47. The van der Waals surface area contributed by atoms with Crippen molar-refractivity contribution in [2.24, 2.45) is 0 Å². The molecular formula is C11H18N2O. The van der Waals surface area contributed by atoms with Gasteiger partial charge in [0.2, 0.25) is 0 Å². The standard InChI is InChI=1S/C11H18N2O/c1-3-4-5-6-9-10(14-2)7-8-13-11(9)12/h7-8H,3-6H2,1-2H3,(H2,12,13). The Kier molecular flexibility index (Phi) is 4.23. The summed E-state index contributed by atoms with van der Waals surface area (Å²) < 4.78 is 5.24. The number of hydrogen-bond acceptors (Lipinski definition) is 3. The largest absolute Gasteiger partial charge is 0.496 e. The average molecular weight is 194 g/mol. The average Bonchev–Trinajstić information content (AvgIpc) is 2.20. The van der Waals surface area contributed by atoms with Crippen LogP contribution in [-0.2, 0) is 6.42 Å². The van der Waals surface area contributed by atoms with Crippen molar-refractivity contribution in [2.75, 3.05) is 12.8 Å². The van der Waals surface area contributed by atoms with Gasteiger partial charge < -0.3 is 10.5 Å². The fraction of sp³-hybridized carbons (Fsp3) is 0.545. The highest BCUT2D eigenvalue weighted by Crippen LogP contribution is 2.23. The minimum absolute atomic E-state index is 0.598. The number of aromatic nitrogens is 1. The maximum atomic E-state index is 5.79. The molecule has 0 saturated heterocycles. The van der Waals surface area contributed by atoms with Crippen molar-refractivity contribution in [3.63, 3.8) is 0 Å². The first-order valence-electron chi connectivity index (χ1n) is 5.07. The van der Waals surface area contributed by atoms with Gasteiger partial charge in [0.05, 0.1) is 7.11 Å². The van der Waals surface area contributed by atoms with E-state index in [0.29, 0.717) is 5.82 Å². The molecule has 0 radical (unpaired) electrons. The van der Waals surface area contributed by atoms with E-state index in [0.717, 1.165) is 24.2 Å². The predicted molar refractivity (Wildman–Crippen MR) is 58.4 cm³/mol. The van der Waals surface area contributed by atoms with Crippen molar-refractivity contribution in [3.05, 3.63) is 17.8 Å². The summed E-state index contributed by atoms with van der Waals surface area (Å²) in [5.41, 5.74) is 6.83. The van der Waals surface area contributed by atoms with E-state index >= 15 is 0 Å². The molecule has 0 aliphatic rings. The highest BCUT2D eigenvalue weighted by atomic mass is 16.5. The number of unbranched alkanes of at least 4 members (excludes halogenated alkanes) is 2. The number of methoxy groups -OCH3 is 1. The molecule has 1 aromatic heterocycles. The smallest absolute Gasteiger partial charge is 0.130 e. The fourth-order valence-electron chi connectivity index (χ4n) is 1.48. The molecule has 1 heterocycles. The van der Waals surface area contributed by atoms with Crippen molar-refractivity contribution in [1.82, 2.24) is 4.98 Å². The summed E-state index contributed by atoms with van der Waals surface area (Å²) >= 11 is 0. The van der Waals surface area contributed by atoms with Crippen molar-refractivity contribution >= 4 is 5.82 Å². The van der Waals surface area contributed by atoms with Crippen LogP contribution in [0.4, 0.5) is 5.82 Å². The van der Waals surface area contributed by atoms with Gasteiger partial charge in [-0.25, -0.2) is 4.98 Å². The van der Waals surface area contributed by atoms with Gasteiger partial charge in [-0.2, -0.15) is 0 Å². The van der Waals surface area contributed by atoms with Crippen LogP contribution < -0.4 is 10.5 Å². The van der Waals surface area contributed by atoms with Gasteiger partial charge in [-0.15, -0.1) is 0 Å². The maximum Gasteiger partial charge on any atom is 0.130 e. The third-order valence-electron chi connectivity index (χ3n) is 2.30. The number of ether oxygens (including phenoxy) is 1. The normalized spacial score (nSPS) is 10.1. The van der Waals surface area contributed by atoms with E-state index in [1.54, 1.807) is 13.3 Å². The number of nitrogens with zero attached hydrogens (tertiary/aromatic N) is 1. The Labute approximate surface area is 85.3 Å². The molecule has 0 aliphatic carbocycles. The molecule has 0 aromatic carbocycles. The van der Waals surface area contributed by atoms with Crippen LogP contribution in [0, 0.1) is 0 Å². The Balaban J connectivity index is 2.72. The van der Waals surface area contributed by atoms with E-state index in [4.69, 9.17) is 10.5 Å². The number of nitrogens with two attached hydrogens (primary N) is 1. The summed E-state index contributed by atoms with van der Waals surface area (Å²) in [6, 6.07) is 1.86. The molecule has 0 fully saturated rings. The van der Waals surface area contributed by atoms with Crippen LogP contribution in [0.3, 0.4) is 0 Å². The lowest BCUT2D eigenvalue weighted by Crippen LogP contribution is -2.00. The predicted octanol–water partition coefficient (Wildman–Crippen LogP) is 2.41. The minimum Gasteiger partial charge on any atom is -0.496 e. The lowest BCUT2D eigenvalue weighted by atomic mass is 10.1. The number of hydrogen-bond donors (Lipinski definition) is 1. The number of pyridine rings is 1. The number of anilines is 1. The third-order valence-corrected chi connectivity index (χ3v) is 2.30. The van der Waals surface area contributed by atoms with Gasteiger partial charge in [-0.1, -0.05) is 19.8 Å². The fourth-order valence-corrected chi connectivity index (χ4v) is 1.48. The van der Waals surface area contributed by atoms with Gasteiger partial charge in [0.1, 0.15) is 11.6 Å². The molecule has 2 N–H and O–H groups in total. The van der Waals surface area contributed by atoms with Gasteiger partial charge in [0, 0.05) is 11.8 Å². The van der Waals surface area contributed by atoms with Crippen LogP contribution in [-0.4, -0.2) is 12.1 Å². The van der Waals surface area contributed by atoms with E-state index < -0.39 is 0 Å². The Morgan fingerprint density at radius 1 is 1.43 bits per heavy atom. The van der Waals surface area contributed by atoms with E-state index in [9.17, 15) is 0 Å². The molecule has 0 unspecified atom stereocenters. The second-order valence-corrected chi connectivity index (χ2v) is 3.33. The highest BCUT2D eigenvalue weighted by Gasteiger charge is 2.06. The summed E-state index contributed by atoms with van der Waals surface area (Å²) in [6.45, 7) is 2.18. The number of nitrogen functional groups attached to an aromatic ring is 1. The summed E-state index contributed by atoms with van der Waals surface area (Å²) in [5.74, 6) is 1.45. The zero-order valence-electron chi connectivity index (χ0n) is 8.92. The Morgan fingerprint density at radius 3 is 2.86 bits per heavy atom. The van der Waals surface area contributed by atoms with Crippen LogP contribution in [0.1, 0.15) is 31.7 Å². The van der Waals surface area contributed by atoms with E-state index in [-0.39, 0.29) is 0 Å². The minimum atomic E-state index is 0.598. The Morgan fingerprint density at radius 2 is 2.21 bits per heavy atom. The van der Waals surface area contributed by atoms with Crippen molar-refractivity contribution < 1.29 is 4.74 Å². The van der Waals surface area contributed by atoms with Gasteiger partial charge >= 0.3 is 0 Å². The van der Waals surface area contributed by atoms with Gasteiger partial charge in [0.25, 0.3) is 0 Å². The van der Waals surface area contributed by atoms with E-state index in [1.165, 1.54) is 12.8 Å². The molecule has 0 bridgehead atoms. The zero-order chi connectivity index (χ0) is 10.4. The van der Waals surface area contributed by atoms with Crippen molar-refractivity contribution in [1.29, 1.82) is 0 Å². The lowest BCUT2D eigenvalue weighted by Gasteiger charge is -2.09. The van der Waals surface area contributed by atoms with Gasteiger partial charge in [-0.3, -0.25) is 0 Å². The molecule has 0 atom stereocenters. The zero-order valence-corrected chi connectivity index (χ0v) is 8.92. The van der Waals surface area contributed by atoms with Crippen LogP contribution in [0.15, 0.2) is 12.3 Å². The SMILES string of the molecule is CCCCCc1c(OC)ccnc1N. The van der Waals surface area contributed by atoms with Gasteiger partial charge in [-0.05, 0) is 18.9 Å². The summed E-state index contributed by atoms with van der Waals surface area (Å²) in [5, 5.41) is 0. The molecule has 0 aliphatic heterocycles. The lowest BCUT2D eigenvalue weighted by molar-refractivity contribution is 0.408. The second-order valence-electron chi connectivity index (χ2n) is 3.33.